The molecule has 1 aromatic heterocycles. The van der Waals surface area contributed by atoms with Gasteiger partial charge in [-0.05, 0) is 45.0 Å². The number of hydrogen-bond donors (Lipinski definition) is 2. The number of rotatable bonds is 4. The van der Waals surface area contributed by atoms with Crippen LogP contribution in [0.4, 0.5) is 0 Å². The second-order valence-corrected chi connectivity index (χ2v) is 6.44. The van der Waals surface area contributed by atoms with Crippen molar-refractivity contribution in [3.05, 3.63) is 21.4 Å². The molecule has 1 aliphatic heterocycles. The number of aliphatic hydroxyl groups is 1. The molecule has 21 heavy (non-hydrogen) atoms. The highest BCUT2D eigenvalue weighted by molar-refractivity contribution is 7.14. The minimum atomic E-state index is -0.0152. The molecule has 2 N–H and O–H groups in total. The minimum Gasteiger partial charge on any atom is -0.395 e. The molecular weight excluding hydrogens is 284 g/mol. The third-order valence-corrected chi connectivity index (χ3v) is 4.90. The molecule has 0 aromatic carbocycles. The van der Waals surface area contributed by atoms with Crippen LogP contribution in [0.15, 0.2) is 6.07 Å². The molecule has 114 valence electrons. The number of hydrogen-bond acceptors (Lipinski definition) is 4. The van der Waals surface area contributed by atoms with E-state index in [4.69, 9.17) is 5.11 Å². The number of amides is 1. The molecule has 0 bridgehead atoms. The van der Waals surface area contributed by atoms with E-state index in [1.807, 2.05) is 13.0 Å². The van der Waals surface area contributed by atoms with E-state index in [1.165, 1.54) is 17.8 Å². The van der Waals surface area contributed by atoms with E-state index in [-0.39, 0.29) is 12.5 Å². The lowest BCUT2D eigenvalue weighted by molar-refractivity contribution is 0.0947. The van der Waals surface area contributed by atoms with Gasteiger partial charge in [-0.15, -0.1) is 11.3 Å². The first-order valence-corrected chi connectivity index (χ1v) is 8.12. The van der Waals surface area contributed by atoms with Gasteiger partial charge in [0.25, 0.3) is 5.91 Å². The third-order valence-electron chi connectivity index (χ3n) is 3.75. The largest absolute Gasteiger partial charge is 0.395 e. The normalized spacial score (nSPS) is 18.3. The number of likely N-dealkylation sites (tertiary alicyclic amines) is 1. The van der Waals surface area contributed by atoms with Gasteiger partial charge in [-0.3, -0.25) is 4.79 Å². The third kappa shape index (κ3) is 4.31. The average molecular weight is 306 g/mol. The van der Waals surface area contributed by atoms with Crippen LogP contribution in [0.5, 0.6) is 0 Å². The number of aliphatic hydroxyl groups excluding tert-OH is 1. The molecule has 5 heteroatoms. The maximum absolute atomic E-state index is 12.2. The number of aryl methyl sites for hydroxylation is 1. The van der Waals surface area contributed by atoms with Gasteiger partial charge in [0.2, 0.25) is 0 Å². The summed E-state index contributed by atoms with van der Waals surface area (Å²) in [4.78, 5) is 16.1. The fourth-order valence-corrected chi connectivity index (χ4v) is 3.42. The number of likely N-dealkylation sites (N-methyl/N-ethyl adjacent to an activating group) is 1. The Hall–Kier alpha value is -1.35. The van der Waals surface area contributed by atoms with Crippen LogP contribution >= 0.6 is 11.3 Å². The first kappa shape index (κ1) is 16.0. The summed E-state index contributed by atoms with van der Waals surface area (Å²) < 4.78 is 0. The van der Waals surface area contributed by atoms with Crippen molar-refractivity contribution in [2.45, 2.75) is 32.2 Å². The molecule has 1 amide bonds. The molecule has 1 aromatic rings. The Labute approximate surface area is 130 Å². The molecule has 1 aliphatic rings. The Balaban J connectivity index is 1.93. The second kappa shape index (κ2) is 7.60. The van der Waals surface area contributed by atoms with Crippen LogP contribution in [0.2, 0.25) is 0 Å². The van der Waals surface area contributed by atoms with Crippen molar-refractivity contribution in [2.24, 2.45) is 0 Å². The van der Waals surface area contributed by atoms with Crippen LogP contribution in [0.1, 0.15) is 39.4 Å². The van der Waals surface area contributed by atoms with E-state index in [1.54, 1.807) is 0 Å². The average Bonchev–Trinajstić information content (AvgIpc) is 3.03. The van der Waals surface area contributed by atoms with Crippen molar-refractivity contribution < 1.29 is 9.90 Å². The van der Waals surface area contributed by atoms with Gasteiger partial charge in [0.1, 0.15) is 0 Å². The summed E-state index contributed by atoms with van der Waals surface area (Å²) in [6, 6.07) is 2.35. The van der Waals surface area contributed by atoms with Crippen molar-refractivity contribution >= 4 is 17.2 Å². The van der Waals surface area contributed by atoms with Crippen LogP contribution < -0.4 is 5.32 Å². The number of thiophene rings is 1. The van der Waals surface area contributed by atoms with E-state index < -0.39 is 0 Å². The lowest BCUT2D eigenvalue weighted by atomic mass is 10.2. The molecule has 1 unspecified atom stereocenters. The molecular formula is C16H22N2O2S. The number of nitrogens with zero attached hydrogens (tertiary/aromatic N) is 1. The van der Waals surface area contributed by atoms with E-state index in [0.29, 0.717) is 23.9 Å². The number of carbonyl (C=O) groups is 1. The maximum atomic E-state index is 12.2. The standard InChI is InChI=1S/C16H22N2O2S/c1-12-10-15(21-14(12)7-3-4-9-19)16(20)17-11-13-6-5-8-18(13)2/h10,13,19H,4-6,8-9,11H2,1-2H3,(H,17,20). The van der Waals surface area contributed by atoms with E-state index >= 15 is 0 Å². The summed E-state index contributed by atoms with van der Waals surface area (Å²) in [5.74, 6) is 5.90. The molecule has 4 nitrogen and oxygen atoms in total. The summed E-state index contributed by atoms with van der Waals surface area (Å²) in [7, 11) is 2.11. The van der Waals surface area contributed by atoms with Crippen molar-refractivity contribution in [1.29, 1.82) is 0 Å². The Morgan fingerprint density at radius 3 is 3.10 bits per heavy atom. The highest BCUT2D eigenvalue weighted by Crippen LogP contribution is 2.21. The quantitative estimate of drug-likeness (QED) is 0.831. The topological polar surface area (TPSA) is 52.6 Å². The lowest BCUT2D eigenvalue weighted by Gasteiger charge is -2.19. The molecule has 1 atom stereocenters. The highest BCUT2D eigenvalue weighted by atomic mass is 32.1. The smallest absolute Gasteiger partial charge is 0.261 e. The van der Waals surface area contributed by atoms with Crippen LogP contribution in [0, 0.1) is 18.8 Å². The van der Waals surface area contributed by atoms with Gasteiger partial charge < -0.3 is 15.3 Å². The molecule has 0 radical (unpaired) electrons. The summed E-state index contributed by atoms with van der Waals surface area (Å²) in [6.45, 7) is 3.85. The number of nitrogens with one attached hydrogen (secondary N) is 1. The molecule has 0 spiro atoms. The van der Waals surface area contributed by atoms with Gasteiger partial charge in [0, 0.05) is 19.0 Å². The Bertz CT molecular complexity index is 556. The molecule has 1 fully saturated rings. The monoisotopic (exact) mass is 306 g/mol. The molecule has 2 heterocycles. The van der Waals surface area contributed by atoms with Crippen LogP contribution in [-0.4, -0.2) is 48.7 Å². The Kier molecular flexibility index (Phi) is 5.80. The van der Waals surface area contributed by atoms with Crippen LogP contribution in [0.3, 0.4) is 0 Å². The van der Waals surface area contributed by atoms with E-state index in [2.05, 4.69) is 29.1 Å². The Morgan fingerprint density at radius 2 is 2.43 bits per heavy atom. The van der Waals surface area contributed by atoms with E-state index in [0.717, 1.165) is 23.4 Å². The maximum Gasteiger partial charge on any atom is 0.261 e. The zero-order chi connectivity index (χ0) is 15.2. The fourth-order valence-electron chi connectivity index (χ4n) is 2.45. The van der Waals surface area contributed by atoms with Gasteiger partial charge in [-0.2, -0.15) is 0 Å². The number of carbonyl (C=O) groups excluding carboxylic acids is 1. The van der Waals surface area contributed by atoms with Crippen molar-refractivity contribution in [3.63, 3.8) is 0 Å². The second-order valence-electron chi connectivity index (χ2n) is 5.38. The summed E-state index contributed by atoms with van der Waals surface area (Å²) in [6.07, 6.45) is 2.82. The lowest BCUT2D eigenvalue weighted by Crippen LogP contribution is -2.37. The van der Waals surface area contributed by atoms with Gasteiger partial charge >= 0.3 is 0 Å². The zero-order valence-electron chi connectivity index (χ0n) is 12.6. The fraction of sp³-hybridized carbons (Fsp3) is 0.562. The summed E-state index contributed by atoms with van der Waals surface area (Å²) in [5.41, 5.74) is 1.02. The predicted molar refractivity (Wildman–Crippen MR) is 85.6 cm³/mol. The van der Waals surface area contributed by atoms with Gasteiger partial charge in [0.15, 0.2) is 0 Å². The van der Waals surface area contributed by atoms with Gasteiger partial charge in [0.05, 0.1) is 16.4 Å². The van der Waals surface area contributed by atoms with Crippen molar-refractivity contribution in [1.82, 2.24) is 10.2 Å². The SMILES string of the molecule is Cc1cc(C(=O)NCC2CCCN2C)sc1C#CCCO. The first-order chi connectivity index (χ1) is 10.1. The molecule has 1 saturated heterocycles. The molecule has 2 rings (SSSR count). The predicted octanol–water partition coefficient (Wildman–Crippen LogP) is 1.61. The highest BCUT2D eigenvalue weighted by Gasteiger charge is 2.21. The van der Waals surface area contributed by atoms with Gasteiger partial charge in [-0.25, -0.2) is 0 Å². The zero-order valence-corrected chi connectivity index (χ0v) is 13.4. The van der Waals surface area contributed by atoms with Crippen LogP contribution in [0.25, 0.3) is 0 Å². The van der Waals surface area contributed by atoms with Gasteiger partial charge in [-0.1, -0.05) is 11.8 Å². The molecule has 0 aliphatic carbocycles. The molecule has 0 saturated carbocycles. The summed E-state index contributed by atoms with van der Waals surface area (Å²) >= 11 is 1.42. The van der Waals surface area contributed by atoms with Crippen molar-refractivity contribution in [3.8, 4) is 11.8 Å². The van der Waals surface area contributed by atoms with E-state index in [9.17, 15) is 4.79 Å². The summed E-state index contributed by atoms with van der Waals surface area (Å²) in [5, 5.41) is 11.8. The van der Waals surface area contributed by atoms with Crippen LogP contribution in [-0.2, 0) is 0 Å². The Morgan fingerprint density at radius 1 is 1.62 bits per heavy atom. The van der Waals surface area contributed by atoms with Crippen molar-refractivity contribution in [2.75, 3.05) is 26.7 Å². The first-order valence-electron chi connectivity index (χ1n) is 7.30. The minimum absolute atomic E-state index is 0.0152.